The molecule has 0 heterocycles. The van der Waals surface area contributed by atoms with E-state index in [1.807, 2.05) is 0 Å². The lowest BCUT2D eigenvalue weighted by atomic mass is 10.1. The van der Waals surface area contributed by atoms with Crippen molar-refractivity contribution in [3.05, 3.63) is 70.0 Å². The average molecular weight is 304 g/mol. The molecule has 1 unspecified atom stereocenters. The molecule has 1 aliphatic carbocycles. The number of carbonyl (C=O) groups is 2. The summed E-state index contributed by atoms with van der Waals surface area (Å²) in [7, 11) is 0. The van der Waals surface area contributed by atoms with E-state index in [4.69, 9.17) is 11.6 Å². The summed E-state index contributed by atoms with van der Waals surface area (Å²) in [4.78, 5) is 24.4. The molecule has 3 nitrogen and oxygen atoms in total. The molecular weight excluding hydrogens is 293 g/mol. The van der Waals surface area contributed by atoms with Crippen molar-refractivity contribution in [1.29, 1.82) is 0 Å². The summed E-state index contributed by atoms with van der Waals surface area (Å²) in [5.74, 6) is -1.00. The first-order valence-electron chi connectivity index (χ1n) is 6.44. The van der Waals surface area contributed by atoms with E-state index in [0.717, 1.165) is 0 Å². The van der Waals surface area contributed by atoms with Crippen LogP contribution >= 0.6 is 11.6 Å². The Morgan fingerprint density at radius 3 is 2.76 bits per heavy atom. The van der Waals surface area contributed by atoms with Crippen LogP contribution in [0.5, 0.6) is 0 Å². The molecule has 1 atom stereocenters. The van der Waals surface area contributed by atoms with Gasteiger partial charge in [-0.15, -0.1) is 0 Å². The van der Waals surface area contributed by atoms with Gasteiger partial charge in [0.25, 0.3) is 5.91 Å². The van der Waals surface area contributed by atoms with Crippen LogP contribution in [0.1, 0.15) is 26.3 Å². The molecule has 1 N–H and O–H groups in total. The Bertz CT molecular complexity index is 745. The van der Waals surface area contributed by atoms with Crippen LogP contribution in [0.15, 0.2) is 42.5 Å². The number of halogens is 2. The molecule has 1 amide bonds. The maximum atomic E-state index is 13.2. The first-order chi connectivity index (χ1) is 10.1. The monoisotopic (exact) mass is 303 g/mol. The summed E-state index contributed by atoms with van der Waals surface area (Å²) >= 11 is 5.96. The number of benzene rings is 2. The van der Waals surface area contributed by atoms with E-state index in [-0.39, 0.29) is 11.6 Å². The number of nitrogens with one attached hydrogen (secondary N) is 1. The molecule has 0 fully saturated rings. The van der Waals surface area contributed by atoms with Gasteiger partial charge in [0.2, 0.25) is 0 Å². The Balaban J connectivity index is 1.80. The normalized spacial score (nSPS) is 16.7. The van der Waals surface area contributed by atoms with Crippen LogP contribution in [0.3, 0.4) is 0 Å². The second-order valence-electron chi connectivity index (χ2n) is 4.88. The number of amides is 1. The average Bonchev–Trinajstić information content (AvgIpc) is 2.75. The minimum absolute atomic E-state index is 0.203. The maximum absolute atomic E-state index is 13.2. The van der Waals surface area contributed by atoms with Crippen molar-refractivity contribution in [3.63, 3.8) is 0 Å². The third kappa shape index (κ3) is 2.54. The molecule has 5 heteroatoms. The van der Waals surface area contributed by atoms with Crippen molar-refractivity contribution in [2.24, 2.45) is 0 Å². The number of carbonyl (C=O) groups excluding carboxylic acids is 2. The smallest absolute Gasteiger partial charge is 0.253 e. The second-order valence-corrected chi connectivity index (χ2v) is 5.28. The lowest BCUT2D eigenvalue weighted by Crippen LogP contribution is -2.39. The molecule has 2 aromatic rings. The predicted octanol–water partition coefficient (Wildman–Crippen LogP) is 3.02. The van der Waals surface area contributed by atoms with Gasteiger partial charge in [0, 0.05) is 12.0 Å². The fourth-order valence-corrected chi connectivity index (χ4v) is 2.69. The van der Waals surface area contributed by atoms with Crippen LogP contribution < -0.4 is 5.32 Å². The van der Waals surface area contributed by atoms with E-state index in [2.05, 4.69) is 5.32 Å². The number of hydrogen-bond acceptors (Lipinski definition) is 2. The zero-order chi connectivity index (χ0) is 15.0. The zero-order valence-corrected chi connectivity index (χ0v) is 11.7. The van der Waals surface area contributed by atoms with Crippen LogP contribution in [-0.4, -0.2) is 17.7 Å². The quantitative estimate of drug-likeness (QED) is 0.927. The third-order valence-electron chi connectivity index (χ3n) is 3.50. The van der Waals surface area contributed by atoms with Crippen molar-refractivity contribution in [3.8, 4) is 0 Å². The van der Waals surface area contributed by atoms with Crippen molar-refractivity contribution < 1.29 is 14.0 Å². The molecule has 2 aromatic carbocycles. The lowest BCUT2D eigenvalue weighted by Gasteiger charge is -2.11. The van der Waals surface area contributed by atoms with Crippen LogP contribution in [0, 0.1) is 5.82 Å². The zero-order valence-electron chi connectivity index (χ0n) is 10.9. The molecule has 0 bridgehead atoms. The summed E-state index contributed by atoms with van der Waals surface area (Å²) < 4.78 is 13.2. The van der Waals surface area contributed by atoms with Gasteiger partial charge in [0.05, 0.1) is 16.6 Å². The molecule has 0 aromatic heterocycles. The van der Waals surface area contributed by atoms with E-state index in [0.29, 0.717) is 28.1 Å². The number of Topliss-reactive ketones (excluding diaryl/α,β-unsaturated/α-hetero) is 1. The van der Waals surface area contributed by atoms with Gasteiger partial charge in [0.1, 0.15) is 5.82 Å². The van der Waals surface area contributed by atoms with Gasteiger partial charge in [-0.3, -0.25) is 9.59 Å². The van der Waals surface area contributed by atoms with E-state index in [9.17, 15) is 14.0 Å². The molecule has 0 saturated heterocycles. The standard InChI is InChI=1S/C16H11ClFNO2/c17-13-4-2-1-3-12(13)16(21)19-14-8-9-7-10(18)5-6-11(9)15(14)20/h1-7,14H,8H2,(H,19,21). The fraction of sp³-hybridized carbons (Fsp3) is 0.125. The minimum atomic E-state index is -0.675. The Labute approximate surface area is 125 Å². The van der Waals surface area contributed by atoms with Crippen molar-refractivity contribution in [2.45, 2.75) is 12.5 Å². The summed E-state index contributed by atoms with van der Waals surface area (Å²) in [5.41, 5.74) is 1.39. The molecule has 1 aliphatic rings. The van der Waals surface area contributed by atoms with Gasteiger partial charge >= 0.3 is 0 Å². The molecule has 21 heavy (non-hydrogen) atoms. The van der Waals surface area contributed by atoms with Crippen molar-refractivity contribution in [2.75, 3.05) is 0 Å². The van der Waals surface area contributed by atoms with Crippen molar-refractivity contribution in [1.82, 2.24) is 5.32 Å². The van der Waals surface area contributed by atoms with Gasteiger partial charge in [-0.2, -0.15) is 0 Å². The van der Waals surface area contributed by atoms with Crippen LogP contribution in [0.2, 0.25) is 5.02 Å². The predicted molar refractivity (Wildman–Crippen MR) is 77.1 cm³/mol. The lowest BCUT2D eigenvalue weighted by molar-refractivity contribution is 0.0868. The highest BCUT2D eigenvalue weighted by Gasteiger charge is 2.32. The van der Waals surface area contributed by atoms with Crippen LogP contribution in [0.4, 0.5) is 4.39 Å². The molecule has 0 aliphatic heterocycles. The van der Waals surface area contributed by atoms with Crippen LogP contribution in [0.25, 0.3) is 0 Å². The summed E-state index contributed by atoms with van der Waals surface area (Å²) in [6.45, 7) is 0. The van der Waals surface area contributed by atoms with Crippen molar-refractivity contribution >= 4 is 23.3 Å². The second kappa shape index (κ2) is 5.30. The van der Waals surface area contributed by atoms with Gasteiger partial charge in [-0.1, -0.05) is 23.7 Å². The first kappa shape index (κ1) is 13.8. The number of rotatable bonds is 2. The largest absolute Gasteiger partial charge is 0.341 e. The highest BCUT2D eigenvalue weighted by Crippen LogP contribution is 2.24. The number of hydrogen-bond donors (Lipinski definition) is 1. The Hall–Kier alpha value is -2.20. The molecular formula is C16H11ClFNO2. The molecule has 0 radical (unpaired) electrons. The maximum Gasteiger partial charge on any atom is 0.253 e. The first-order valence-corrected chi connectivity index (χ1v) is 6.82. The van der Waals surface area contributed by atoms with Crippen LogP contribution in [-0.2, 0) is 6.42 Å². The Morgan fingerprint density at radius 2 is 2.00 bits per heavy atom. The van der Waals surface area contributed by atoms with E-state index in [1.165, 1.54) is 18.2 Å². The van der Waals surface area contributed by atoms with Gasteiger partial charge in [0.15, 0.2) is 5.78 Å². The van der Waals surface area contributed by atoms with E-state index < -0.39 is 11.9 Å². The van der Waals surface area contributed by atoms with E-state index >= 15 is 0 Å². The Morgan fingerprint density at radius 1 is 1.24 bits per heavy atom. The molecule has 3 rings (SSSR count). The van der Waals surface area contributed by atoms with Gasteiger partial charge in [-0.25, -0.2) is 4.39 Å². The minimum Gasteiger partial charge on any atom is -0.341 e. The molecule has 0 saturated carbocycles. The van der Waals surface area contributed by atoms with E-state index in [1.54, 1.807) is 24.3 Å². The topological polar surface area (TPSA) is 46.2 Å². The SMILES string of the molecule is O=C(NC1Cc2cc(F)ccc2C1=O)c1ccccc1Cl. The highest BCUT2D eigenvalue weighted by molar-refractivity contribution is 6.33. The highest BCUT2D eigenvalue weighted by atomic mass is 35.5. The number of fused-ring (bicyclic) bond motifs is 1. The summed E-state index contributed by atoms with van der Waals surface area (Å²) in [6.07, 6.45) is 0.294. The molecule has 106 valence electrons. The van der Waals surface area contributed by atoms with Gasteiger partial charge < -0.3 is 5.32 Å². The summed E-state index contributed by atoms with van der Waals surface area (Å²) in [5, 5.41) is 2.98. The molecule has 0 spiro atoms. The summed E-state index contributed by atoms with van der Waals surface area (Å²) in [6, 6.07) is 9.96. The number of ketones is 1. The Kier molecular flexibility index (Phi) is 3.47. The van der Waals surface area contributed by atoms with Gasteiger partial charge in [-0.05, 0) is 35.9 Å². The third-order valence-corrected chi connectivity index (χ3v) is 3.83. The fourth-order valence-electron chi connectivity index (χ4n) is 2.47.